The van der Waals surface area contributed by atoms with Crippen LogP contribution in [0.15, 0.2) is 24.3 Å². The van der Waals surface area contributed by atoms with Gasteiger partial charge in [-0.15, -0.1) is 0 Å². The lowest BCUT2D eigenvalue weighted by molar-refractivity contribution is -0.139. The van der Waals surface area contributed by atoms with Gasteiger partial charge in [-0.05, 0) is 53.0 Å². The predicted octanol–water partition coefficient (Wildman–Crippen LogP) is 3.92. The zero-order valence-electron chi connectivity index (χ0n) is 20.5. The molecule has 0 aromatic heterocycles. The summed E-state index contributed by atoms with van der Waals surface area (Å²) in [5.41, 5.74) is 0.875. The maximum Gasteiger partial charge on any atom is 0.408 e. The molecule has 0 aliphatic heterocycles. The lowest BCUT2D eigenvalue weighted by Gasteiger charge is -2.32. The highest BCUT2D eigenvalue weighted by Gasteiger charge is 2.37. The molecule has 3 amide bonds. The van der Waals surface area contributed by atoms with Crippen molar-refractivity contribution < 1.29 is 19.1 Å². The van der Waals surface area contributed by atoms with E-state index >= 15 is 0 Å². The van der Waals surface area contributed by atoms with E-state index in [2.05, 4.69) is 16.7 Å². The molecule has 0 aliphatic carbocycles. The number of hydrogen-bond acceptors (Lipinski definition) is 4. The third kappa shape index (κ3) is 7.92. The van der Waals surface area contributed by atoms with Crippen LogP contribution in [0.25, 0.3) is 0 Å². The molecule has 176 valence electrons. The van der Waals surface area contributed by atoms with Crippen LogP contribution in [0, 0.1) is 25.3 Å². The average Bonchev–Trinajstić information content (AvgIpc) is 2.68. The van der Waals surface area contributed by atoms with Gasteiger partial charge in [0.1, 0.15) is 17.7 Å². The van der Waals surface area contributed by atoms with Crippen molar-refractivity contribution >= 4 is 17.9 Å². The summed E-state index contributed by atoms with van der Waals surface area (Å²) in [5, 5.41) is 5.49. The van der Waals surface area contributed by atoms with Crippen molar-refractivity contribution in [3.63, 3.8) is 0 Å². The van der Waals surface area contributed by atoms with Crippen LogP contribution in [0.1, 0.15) is 72.1 Å². The number of benzene rings is 1. The van der Waals surface area contributed by atoms with E-state index in [4.69, 9.17) is 11.2 Å². The Morgan fingerprint density at radius 2 is 1.66 bits per heavy atom. The largest absolute Gasteiger partial charge is 0.444 e. The number of amides is 3. The van der Waals surface area contributed by atoms with Gasteiger partial charge in [-0.25, -0.2) is 4.79 Å². The van der Waals surface area contributed by atoms with E-state index < -0.39 is 35.6 Å². The summed E-state index contributed by atoms with van der Waals surface area (Å²) < 4.78 is 5.33. The molecule has 1 aromatic rings. The highest BCUT2D eigenvalue weighted by Crippen LogP contribution is 2.24. The number of nitrogens with one attached hydrogen (secondary N) is 2. The molecule has 32 heavy (non-hydrogen) atoms. The van der Waals surface area contributed by atoms with Gasteiger partial charge in [0.05, 0.1) is 0 Å². The van der Waals surface area contributed by atoms with Gasteiger partial charge < -0.3 is 15.4 Å². The molecule has 0 radical (unpaired) electrons. The minimum atomic E-state index is -1.04. The Morgan fingerprint density at radius 1 is 1.09 bits per heavy atom. The molecule has 3 unspecified atom stereocenters. The van der Waals surface area contributed by atoms with E-state index in [0.29, 0.717) is 12.0 Å². The first kappa shape index (κ1) is 27.0. The fourth-order valence-electron chi connectivity index (χ4n) is 3.06. The van der Waals surface area contributed by atoms with Crippen molar-refractivity contribution in [2.45, 2.75) is 85.5 Å². The first-order valence-electron chi connectivity index (χ1n) is 11.0. The van der Waals surface area contributed by atoms with Crippen molar-refractivity contribution in [3.8, 4) is 12.5 Å². The van der Waals surface area contributed by atoms with Crippen LogP contribution in [0.4, 0.5) is 4.79 Å². The Balaban J connectivity index is 3.37. The topological polar surface area (TPSA) is 87.7 Å². The average molecular weight is 444 g/mol. The first-order chi connectivity index (χ1) is 14.8. The van der Waals surface area contributed by atoms with Gasteiger partial charge in [-0.3, -0.25) is 14.5 Å². The molecule has 0 spiro atoms. The normalized spacial score (nSPS) is 14.0. The Morgan fingerprint density at radius 3 is 2.09 bits per heavy atom. The lowest BCUT2D eigenvalue weighted by Crippen LogP contribution is -2.54. The molecular weight excluding hydrogens is 406 g/mol. The number of nitrogens with zero attached hydrogens (tertiary/aromatic N) is 1. The highest BCUT2D eigenvalue weighted by atomic mass is 16.6. The molecule has 0 fully saturated rings. The number of hydrogen-bond donors (Lipinski definition) is 2. The third-order valence-corrected chi connectivity index (χ3v) is 4.86. The van der Waals surface area contributed by atoms with E-state index in [-0.39, 0.29) is 12.0 Å². The fourth-order valence-corrected chi connectivity index (χ4v) is 3.06. The van der Waals surface area contributed by atoms with Gasteiger partial charge in [0.2, 0.25) is 5.91 Å². The van der Waals surface area contributed by atoms with Crippen LogP contribution in [-0.2, 0) is 14.3 Å². The van der Waals surface area contributed by atoms with Crippen LogP contribution in [0.5, 0.6) is 0 Å². The second-order valence-electron chi connectivity index (χ2n) is 9.32. The standard InChI is InChI=1S/C25H37N3O4/c1-10-18(6)20(27-24(31)32-25(7,8)9)23(30)28(11-2)21(22(29)26-16(3)4)19-14-12-17(5)13-15-19/h2,12-16,18,20-21H,10H2,1,3-9H3,(H,26,29)(H,27,31). The van der Waals surface area contributed by atoms with Crippen LogP contribution in [-0.4, -0.2) is 40.5 Å². The van der Waals surface area contributed by atoms with Crippen molar-refractivity contribution in [1.82, 2.24) is 15.5 Å². The van der Waals surface area contributed by atoms with Crippen LogP contribution in [0.2, 0.25) is 0 Å². The zero-order chi connectivity index (χ0) is 24.6. The highest BCUT2D eigenvalue weighted by molar-refractivity contribution is 5.93. The molecule has 0 heterocycles. The van der Waals surface area contributed by atoms with Gasteiger partial charge in [0, 0.05) is 12.1 Å². The summed E-state index contributed by atoms with van der Waals surface area (Å²) in [7, 11) is 0. The predicted molar refractivity (Wildman–Crippen MR) is 125 cm³/mol. The minimum Gasteiger partial charge on any atom is -0.444 e. The zero-order valence-corrected chi connectivity index (χ0v) is 20.5. The lowest BCUT2D eigenvalue weighted by atomic mass is 9.96. The molecule has 0 saturated heterocycles. The number of carbonyl (C=O) groups is 3. The maximum atomic E-state index is 13.6. The molecule has 7 nitrogen and oxygen atoms in total. The molecule has 1 aromatic carbocycles. The molecule has 7 heteroatoms. The van der Waals surface area contributed by atoms with E-state index in [9.17, 15) is 14.4 Å². The van der Waals surface area contributed by atoms with E-state index in [1.807, 2.05) is 46.8 Å². The molecule has 2 N–H and O–H groups in total. The van der Waals surface area contributed by atoms with Gasteiger partial charge in [-0.2, -0.15) is 0 Å². The minimum absolute atomic E-state index is 0.143. The van der Waals surface area contributed by atoms with Crippen molar-refractivity contribution in [3.05, 3.63) is 35.4 Å². The number of alkyl carbamates (subject to hydrolysis) is 1. The molecular formula is C25H37N3O4. The number of carbonyl (C=O) groups excluding carboxylic acids is 3. The monoisotopic (exact) mass is 443 g/mol. The van der Waals surface area contributed by atoms with Crippen molar-refractivity contribution in [1.29, 1.82) is 0 Å². The van der Waals surface area contributed by atoms with E-state index in [1.165, 1.54) is 0 Å². The molecule has 0 saturated carbocycles. The summed E-state index contributed by atoms with van der Waals surface area (Å²) in [6.45, 7) is 14.6. The van der Waals surface area contributed by atoms with E-state index in [1.54, 1.807) is 32.9 Å². The number of terminal acetylenes is 1. The van der Waals surface area contributed by atoms with Crippen molar-refractivity contribution in [2.24, 2.45) is 5.92 Å². The van der Waals surface area contributed by atoms with Gasteiger partial charge >= 0.3 is 6.09 Å². The summed E-state index contributed by atoms with van der Waals surface area (Å²) >= 11 is 0. The molecule has 1 rings (SSSR count). The Labute approximate surface area is 192 Å². The van der Waals surface area contributed by atoms with Gasteiger partial charge in [0.15, 0.2) is 0 Å². The smallest absolute Gasteiger partial charge is 0.408 e. The van der Waals surface area contributed by atoms with Gasteiger partial charge in [0.25, 0.3) is 5.91 Å². The SMILES string of the molecule is C#CN(C(=O)C(NC(=O)OC(C)(C)C)C(C)CC)C(C(=O)NC(C)C)c1ccc(C)cc1. The number of aryl methyl sites for hydroxylation is 1. The second-order valence-corrected chi connectivity index (χ2v) is 9.32. The summed E-state index contributed by atoms with van der Waals surface area (Å²) in [5.74, 6) is -1.18. The van der Waals surface area contributed by atoms with Crippen LogP contribution < -0.4 is 10.6 Å². The first-order valence-corrected chi connectivity index (χ1v) is 11.0. The number of ether oxygens (including phenoxy) is 1. The van der Waals surface area contributed by atoms with Crippen LogP contribution >= 0.6 is 0 Å². The Bertz CT molecular complexity index is 834. The summed E-state index contributed by atoms with van der Waals surface area (Å²) in [4.78, 5) is 40.2. The van der Waals surface area contributed by atoms with Gasteiger partial charge in [-0.1, -0.05) is 56.5 Å². The summed E-state index contributed by atoms with van der Waals surface area (Å²) in [6.07, 6.45) is 5.65. The quantitative estimate of drug-likeness (QED) is 0.471. The Kier molecular flexibility index (Phi) is 9.77. The summed E-state index contributed by atoms with van der Waals surface area (Å²) in [6, 6.07) is 7.51. The van der Waals surface area contributed by atoms with Crippen LogP contribution in [0.3, 0.4) is 0 Å². The molecule has 3 atom stereocenters. The maximum absolute atomic E-state index is 13.6. The van der Waals surface area contributed by atoms with Crippen molar-refractivity contribution in [2.75, 3.05) is 0 Å². The Hall–Kier alpha value is -3.01. The second kappa shape index (κ2) is 11.6. The number of rotatable bonds is 8. The molecule has 0 aliphatic rings. The fraction of sp³-hybridized carbons (Fsp3) is 0.560. The van der Waals surface area contributed by atoms with E-state index in [0.717, 1.165) is 10.5 Å². The third-order valence-electron chi connectivity index (χ3n) is 4.86. The molecule has 0 bridgehead atoms.